The molecule has 1 N–H and O–H groups in total. The Morgan fingerprint density at radius 1 is 0.970 bits per heavy atom. The lowest BCUT2D eigenvalue weighted by molar-refractivity contribution is 0.102. The molecule has 0 atom stereocenters. The zero-order valence-corrected chi connectivity index (χ0v) is 18.9. The van der Waals surface area contributed by atoms with Gasteiger partial charge in [-0.05, 0) is 73.8 Å². The van der Waals surface area contributed by atoms with Crippen molar-refractivity contribution in [1.82, 2.24) is 19.2 Å². The van der Waals surface area contributed by atoms with Crippen LogP contribution in [0.1, 0.15) is 35.7 Å². The molecule has 1 fully saturated rings. The van der Waals surface area contributed by atoms with Gasteiger partial charge in [0.15, 0.2) is 5.82 Å². The lowest BCUT2D eigenvalue weighted by Crippen LogP contribution is -2.32. The number of hydrogen-bond acceptors (Lipinski definition) is 3. The van der Waals surface area contributed by atoms with E-state index in [1.54, 1.807) is 10.9 Å². The number of likely N-dealkylation sites (tertiary alicyclic amines) is 1. The Balaban J connectivity index is 1.33. The van der Waals surface area contributed by atoms with Crippen LogP contribution in [0.3, 0.4) is 0 Å². The minimum atomic E-state index is -0.182. The summed E-state index contributed by atoms with van der Waals surface area (Å²) in [6, 6.07) is 21.9. The Bertz CT molecular complexity index is 1190. The zero-order chi connectivity index (χ0) is 22.6. The average Bonchev–Trinajstić information content (AvgIpc) is 3.52. The summed E-state index contributed by atoms with van der Waals surface area (Å²) in [6.45, 7) is 5.61. The van der Waals surface area contributed by atoms with Gasteiger partial charge < -0.3 is 9.88 Å². The van der Waals surface area contributed by atoms with Gasteiger partial charge in [0, 0.05) is 24.6 Å². The smallest absolute Gasteiger partial charge is 0.261 e. The molecule has 4 aromatic rings. The molecule has 6 nitrogen and oxygen atoms in total. The first-order valence-electron chi connectivity index (χ1n) is 11.6. The van der Waals surface area contributed by atoms with E-state index in [0.29, 0.717) is 11.4 Å². The fraction of sp³-hybridized carbons (Fsp3) is 0.259. The predicted molar refractivity (Wildman–Crippen MR) is 131 cm³/mol. The van der Waals surface area contributed by atoms with Crippen LogP contribution in [-0.4, -0.2) is 38.2 Å². The number of anilines is 1. The van der Waals surface area contributed by atoms with Crippen molar-refractivity contribution in [2.75, 3.05) is 18.4 Å². The monoisotopic (exact) mass is 439 g/mol. The number of rotatable bonds is 6. The third-order valence-electron chi connectivity index (χ3n) is 6.33. The van der Waals surface area contributed by atoms with E-state index in [-0.39, 0.29) is 5.91 Å². The molecule has 0 spiro atoms. The molecular weight excluding hydrogens is 410 g/mol. The molecule has 0 bridgehead atoms. The fourth-order valence-electron chi connectivity index (χ4n) is 4.35. The van der Waals surface area contributed by atoms with Gasteiger partial charge >= 0.3 is 0 Å². The topological polar surface area (TPSA) is 55.1 Å². The second-order valence-corrected chi connectivity index (χ2v) is 8.83. The lowest BCUT2D eigenvalue weighted by Gasteiger charge is -2.30. The predicted octanol–water partition coefficient (Wildman–Crippen LogP) is 5.15. The van der Waals surface area contributed by atoms with E-state index in [4.69, 9.17) is 0 Å². The van der Waals surface area contributed by atoms with Gasteiger partial charge in [-0.15, -0.1) is 0 Å². The molecule has 0 radical (unpaired) electrons. The maximum absolute atomic E-state index is 13.2. The number of carbonyl (C=O) groups excluding carboxylic acids is 1. The standard InChI is InChI=1S/C27H29N5O/c1-21-13-17-30(18-14-21)20-22-9-11-23(12-10-22)29-26(33)25-19-28-32(24-7-3-2-4-8-24)27(25)31-15-5-6-16-31/h2-12,15-16,19,21H,13-14,17-18,20H2,1H3,(H,29,33). The highest BCUT2D eigenvalue weighted by molar-refractivity contribution is 6.06. The van der Waals surface area contributed by atoms with Gasteiger partial charge in [0.2, 0.25) is 0 Å². The van der Waals surface area contributed by atoms with Crippen molar-refractivity contribution in [3.8, 4) is 11.5 Å². The molecule has 33 heavy (non-hydrogen) atoms. The van der Waals surface area contributed by atoms with Crippen LogP contribution in [-0.2, 0) is 6.54 Å². The molecule has 1 aliphatic rings. The number of carbonyl (C=O) groups is 1. The Morgan fingerprint density at radius 2 is 1.67 bits per heavy atom. The molecule has 2 aromatic heterocycles. The summed E-state index contributed by atoms with van der Waals surface area (Å²) in [6.07, 6.45) is 8.01. The van der Waals surface area contributed by atoms with Crippen LogP contribution in [0, 0.1) is 5.92 Å². The van der Waals surface area contributed by atoms with Crippen molar-refractivity contribution < 1.29 is 4.79 Å². The number of aromatic nitrogens is 3. The second kappa shape index (κ2) is 9.46. The third kappa shape index (κ3) is 4.76. The van der Waals surface area contributed by atoms with Crippen LogP contribution in [0.4, 0.5) is 5.69 Å². The molecule has 1 saturated heterocycles. The zero-order valence-electron chi connectivity index (χ0n) is 18.9. The quantitative estimate of drug-likeness (QED) is 0.452. The number of nitrogens with one attached hydrogen (secondary N) is 1. The number of hydrogen-bond donors (Lipinski definition) is 1. The van der Waals surface area contributed by atoms with E-state index in [9.17, 15) is 4.79 Å². The average molecular weight is 440 g/mol. The number of benzene rings is 2. The summed E-state index contributed by atoms with van der Waals surface area (Å²) in [7, 11) is 0. The molecule has 2 aromatic carbocycles. The third-order valence-corrected chi connectivity index (χ3v) is 6.33. The van der Waals surface area contributed by atoms with E-state index in [0.717, 1.165) is 36.9 Å². The molecule has 168 valence electrons. The molecule has 0 aliphatic carbocycles. The van der Waals surface area contributed by atoms with Crippen LogP contribution >= 0.6 is 0 Å². The van der Waals surface area contributed by atoms with Crippen LogP contribution in [0.2, 0.25) is 0 Å². The minimum Gasteiger partial charge on any atom is -0.322 e. The number of amides is 1. The summed E-state index contributed by atoms with van der Waals surface area (Å²) in [5.41, 5.74) is 3.47. The highest BCUT2D eigenvalue weighted by Gasteiger charge is 2.20. The van der Waals surface area contributed by atoms with E-state index in [2.05, 4.69) is 34.4 Å². The van der Waals surface area contributed by atoms with Crippen molar-refractivity contribution in [2.24, 2.45) is 5.92 Å². The van der Waals surface area contributed by atoms with Gasteiger partial charge in [-0.1, -0.05) is 37.3 Å². The van der Waals surface area contributed by atoms with Gasteiger partial charge in [-0.2, -0.15) is 5.10 Å². The molecule has 1 amide bonds. The van der Waals surface area contributed by atoms with Gasteiger partial charge in [0.25, 0.3) is 5.91 Å². The summed E-state index contributed by atoms with van der Waals surface area (Å²) < 4.78 is 3.70. The molecule has 1 aliphatic heterocycles. The normalized spacial score (nSPS) is 14.9. The van der Waals surface area contributed by atoms with Crippen molar-refractivity contribution in [1.29, 1.82) is 0 Å². The van der Waals surface area contributed by atoms with Crippen molar-refractivity contribution in [3.63, 3.8) is 0 Å². The van der Waals surface area contributed by atoms with Crippen LogP contribution in [0.25, 0.3) is 11.5 Å². The SMILES string of the molecule is CC1CCN(Cc2ccc(NC(=O)c3cnn(-c4ccccc4)c3-n3cccc3)cc2)CC1. The van der Waals surface area contributed by atoms with Crippen molar-refractivity contribution in [3.05, 3.63) is 96.4 Å². The van der Waals surface area contributed by atoms with Gasteiger partial charge in [-0.3, -0.25) is 9.69 Å². The lowest BCUT2D eigenvalue weighted by atomic mass is 9.99. The van der Waals surface area contributed by atoms with E-state index in [1.807, 2.05) is 71.6 Å². The van der Waals surface area contributed by atoms with Crippen molar-refractivity contribution >= 4 is 11.6 Å². The van der Waals surface area contributed by atoms with Gasteiger partial charge in [0.05, 0.1) is 11.9 Å². The first kappa shape index (κ1) is 21.2. The van der Waals surface area contributed by atoms with Crippen LogP contribution < -0.4 is 5.32 Å². The van der Waals surface area contributed by atoms with Crippen molar-refractivity contribution in [2.45, 2.75) is 26.3 Å². The summed E-state index contributed by atoms with van der Waals surface area (Å²) in [4.78, 5) is 15.7. The Kier molecular flexibility index (Phi) is 6.09. The minimum absolute atomic E-state index is 0.182. The molecule has 6 heteroatoms. The second-order valence-electron chi connectivity index (χ2n) is 8.83. The number of piperidine rings is 1. The molecule has 5 rings (SSSR count). The Morgan fingerprint density at radius 3 is 2.36 bits per heavy atom. The van der Waals surface area contributed by atoms with E-state index < -0.39 is 0 Å². The molecular formula is C27H29N5O. The molecule has 0 saturated carbocycles. The Hall–Kier alpha value is -3.64. The Labute approximate surface area is 194 Å². The van der Waals surface area contributed by atoms with E-state index in [1.165, 1.54) is 18.4 Å². The highest BCUT2D eigenvalue weighted by Crippen LogP contribution is 2.22. The van der Waals surface area contributed by atoms with Gasteiger partial charge in [-0.25, -0.2) is 4.68 Å². The largest absolute Gasteiger partial charge is 0.322 e. The maximum Gasteiger partial charge on any atom is 0.261 e. The highest BCUT2D eigenvalue weighted by atomic mass is 16.1. The number of nitrogens with zero attached hydrogens (tertiary/aromatic N) is 4. The van der Waals surface area contributed by atoms with Gasteiger partial charge in [0.1, 0.15) is 5.56 Å². The first-order chi connectivity index (χ1) is 16.2. The van der Waals surface area contributed by atoms with Crippen LogP contribution in [0.5, 0.6) is 0 Å². The number of para-hydroxylation sites is 1. The summed E-state index contributed by atoms with van der Waals surface area (Å²) >= 11 is 0. The molecule has 3 heterocycles. The first-order valence-corrected chi connectivity index (χ1v) is 11.6. The molecule has 0 unspecified atom stereocenters. The fourth-order valence-corrected chi connectivity index (χ4v) is 4.35. The van der Waals surface area contributed by atoms with E-state index >= 15 is 0 Å². The van der Waals surface area contributed by atoms with Crippen LogP contribution in [0.15, 0.2) is 85.3 Å². The summed E-state index contributed by atoms with van der Waals surface area (Å²) in [5, 5.41) is 7.56. The summed E-state index contributed by atoms with van der Waals surface area (Å²) in [5.74, 6) is 1.36. The maximum atomic E-state index is 13.2.